The Hall–Kier alpha value is -2.73. The molecule has 3 rings (SSSR count). The van der Waals surface area contributed by atoms with Crippen LogP contribution in [0.25, 0.3) is 0 Å². The molecule has 0 saturated carbocycles. The minimum absolute atomic E-state index is 0.0392. The van der Waals surface area contributed by atoms with E-state index in [2.05, 4.69) is 10.2 Å². The average Bonchev–Trinajstić information content (AvgIpc) is 2.69. The van der Waals surface area contributed by atoms with Crippen molar-refractivity contribution in [3.8, 4) is 0 Å². The lowest BCUT2D eigenvalue weighted by molar-refractivity contribution is -0.137. The zero-order valence-electron chi connectivity index (χ0n) is 16.3. The molecule has 2 amide bonds. The van der Waals surface area contributed by atoms with Gasteiger partial charge in [0.15, 0.2) is 0 Å². The Kier molecular flexibility index (Phi) is 6.41. The number of nitrogens with one attached hydrogen (secondary N) is 1. The lowest BCUT2D eigenvalue weighted by Gasteiger charge is -2.37. The van der Waals surface area contributed by atoms with Crippen LogP contribution in [0.15, 0.2) is 54.6 Å². The zero-order valence-corrected chi connectivity index (χ0v) is 16.3. The first-order chi connectivity index (χ1) is 13.4. The van der Waals surface area contributed by atoms with Crippen molar-refractivity contribution in [2.45, 2.75) is 13.0 Å². The number of nitrogens with zero attached hydrogens (tertiary/aromatic N) is 2. The second-order valence-corrected chi connectivity index (χ2v) is 7.54. The number of likely N-dealkylation sites (tertiary alicyclic amines) is 1. The molecule has 0 spiro atoms. The maximum absolute atomic E-state index is 13.1. The molecule has 0 bridgehead atoms. The minimum Gasteiger partial charge on any atom is -0.349 e. The van der Waals surface area contributed by atoms with E-state index in [1.165, 1.54) is 12.1 Å². The third kappa shape index (κ3) is 5.16. The molecule has 2 aromatic carbocycles. The molecular formula is C22H26FN3O2. The highest BCUT2D eigenvalue weighted by atomic mass is 19.1. The molecule has 1 saturated heterocycles. The maximum atomic E-state index is 13.1. The van der Waals surface area contributed by atoms with Gasteiger partial charge in [-0.3, -0.25) is 14.5 Å². The fourth-order valence-corrected chi connectivity index (χ4v) is 3.67. The second-order valence-electron chi connectivity index (χ2n) is 7.54. The van der Waals surface area contributed by atoms with Gasteiger partial charge in [0.25, 0.3) is 0 Å². The largest absolute Gasteiger partial charge is 0.349 e. The van der Waals surface area contributed by atoms with Gasteiger partial charge in [-0.2, -0.15) is 0 Å². The number of hydrogen-bond acceptors (Lipinski definition) is 3. The van der Waals surface area contributed by atoms with E-state index in [0.717, 1.165) is 5.56 Å². The van der Waals surface area contributed by atoms with Gasteiger partial charge in [0.1, 0.15) is 5.82 Å². The number of carbonyl (C=O) groups excluding carboxylic acids is 2. The van der Waals surface area contributed by atoms with Crippen LogP contribution in [0.4, 0.5) is 10.1 Å². The summed E-state index contributed by atoms with van der Waals surface area (Å²) < 4.78 is 13.1. The predicted octanol–water partition coefficient (Wildman–Crippen LogP) is 2.99. The fourth-order valence-electron chi connectivity index (χ4n) is 3.67. The van der Waals surface area contributed by atoms with Crippen LogP contribution in [0.5, 0.6) is 0 Å². The summed E-state index contributed by atoms with van der Waals surface area (Å²) in [5, 5.41) is 2.85. The molecule has 28 heavy (non-hydrogen) atoms. The molecule has 2 atom stereocenters. The summed E-state index contributed by atoms with van der Waals surface area (Å²) in [7, 11) is 3.48. The summed E-state index contributed by atoms with van der Waals surface area (Å²) in [4.78, 5) is 29.2. The molecule has 0 aromatic heterocycles. The topological polar surface area (TPSA) is 52.7 Å². The molecule has 0 aliphatic carbocycles. The summed E-state index contributed by atoms with van der Waals surface area (Å²) in [5.41, 5.74) is 1.71. The van der Waals surface area contributed by atoms with Crippen molar-refractivity contribution < 1.29 is 14.0 Å². The molecule has 0 radical (unpaired) electrons. The van der Waals surface area contributed by atoms with Gasteiger partial charge in [0.05, 0.1) is 11.8 Å². The SMILES string of the molecule is CN(C)C(=O)[C@H]1C[C@@H](C(=O)Nc2ccc(F)cc2)CN(Cc2ccccc2)C1. The normalized spacial score (nSPS) is 19.8. The quantitative estimate of drug-likeness (QED) is 0.864. The number of rotatable bonds is 5. The van der Waals surface area contributed by atoms with Crippen molar-refractivity contribution in [3.05, 3.63) is 66.0 Å². The van der Waals surface area contributed by atoms with Gasteiger partial charge < -0.3 is 10.2 Å². The van der Waals surface area contributed by atoms with Crippen molar-refractivity contribution in [3.63, 3.8) is 0 Å². The molecule has 0 unspecified atom stereocenters. The Morgan fingerprint density at radius 2 is 1.68 bits per heavy atom. The number of piperidine rings is 1. The highest BCUT2D eigenvalue weighted by Crippen LogP contribution is 2.26. The first-order valence-corrected chi connectivity index (χ1v) is 9.46. The monoisotopic (exact) mass is 383 g/mol. The number of benzene rings is 2. The van der Waals surface area contributed by atoms with Gasteiger partial charge in [-0.25, -0.2) is 4.39 Å². The molecular weight excluding hydrogens is 357 g/mol. The van der Waals surface area contributed by atoms with E-state index >= 15 is 0 Å². The van der Waals surface area contributed by atoms with Gasteiger partial charge in [0, 0.05) is 39.4 Å². The zero-order chi connectivity index (χ0) is 20.1. The van der Waals surface area contributed by atoms with Crippen molar-refractivity contribution in [1.29, 1.82) is 0 Å². The molecule has 6 heteroatoms. The van der Waals surface area contributed by atoms with E-state index in [-0.39, 0.29) is 29.5 Å². The van der Waals surface area contributed by atoms with Crippen molar-refractivity contribution in [1.82, 2.24) is 9.80 Å². The summed E-state index contributed by atoms with van der Waals surface area (Å²) in [5.74, 6) is -0.979. The van der Waals surface area contributed by atoms with Crippen LogP contribution in [0.3, 0.4) is 0 Å². The molecule has 1 fully saturated rings. The predicted molar refractivity (Wildman–Crippen MR) is 107 cm³/mol. The smallest absolute Gasteiger partial charge is 0.228 e. The number of halogens is 1. The van der Waals surface area contributed by atoms with Crippen LogP contribution < -0.4 is 5.32 Å². The van der Waals surface area contributed by atoms with Gasteiger partial charge in [-0.15, -0.1) is 0 Å². The van der Waals surface area contributed by atoms with Crippen LogP contribution in [-0.2, 0) is 16.1 Å². The van der Waals surface area contributed by atoms with Gasteiger partial charge in [0.2, 0.25) is 11.8 Å². The van der Waals surface area contributed by atoms with E-state index in [9.17, 15) is 14.0 Å². The molecule has 1 heterocycles. The molecule has 1 aliphatic rings. The Morgan fingerprint density at radius 3 is 2.32 bits per heavy atom. The minimum atomic E-state index is -0.346. The maximum Gasteiger partial charge on any atom is 0.228 e. The van der Waals surface area contributed by atoms with Gasteiger partial charge >= 0.3 is 0 Å². The summed E-state index contributed by atoms with van der Waals surface area (Å²) in [6, 6.07) is 15.8. The Morgan fingerprint density at radius 1 is 1.04 bits per heavy atom. The van der Waals surface area contributed by atoms with Crippen LogP contribution >= 0.6 is 0 Å². The standard InChI is InChI=1S/C22H26FN3O2/c1-25(2)22(28)18-12-17(21(27)24-20-10-8-19(23)9-11-20)14-26(15-18)13-16-6-4-3-5-7-16/h3-11,17-18H,12-15H2,1-2H3,(H,24,27)/t17-,18+/m1/s1. The van der Waals surface area contributed by atoms with E-state index in [4.69, 9.17) is 0 Å². The molecule has 1 N–H and O–H groups in total. The van der Waals surface area contributed by atoms with Crippen LogP contribution in [0.2, 0.25) is 0 Å². The van der Waals surface area contributed by atoms with Crippen molar-refractivity contribution in [2.75, 3.05) is 32.5 Å². The highest BCUT2D eigenvalue weighted by Gasteiger charge is 2.35. The van der Waals surface area contributed by atoms with E-state index < -0.39 is 0 Å². The third-order valence-electron chi connectivity index (χ3n) is 5.05. The number of carbonyl (C=O) groups is 2. The van der Waals surface area contributed by atoms with E-state index in [1.54, 1.807) is 31.1 Å². The Balaban J connectivity index is 1.73. The lowest BCUT2D eigenvalue weighted by atomic mass is 9.87. The first-order valence-electron chi connectivity index (χ1n) is 9.46. The molecule has 1 aliphatic heterocycles. The fraction of sp³-hybridized carbons (Fsp3) is 0.364. The summed E-state index contributed by atoms with van der Waals surface area (Å²) >= 11 is 0. The van der Waals surface area contributed by atoms with Crippen LogP contribution in [-0.4, -0.2) is 48.8 Å². The summed E-state index contributed by atoms with van der Waals surface area (Å²) in [6.07, 6.45) is 0.509. The van der Waals surface area contributed by atoms with Crippen LogP contribution in [0.1, 0.15) is 12.0 Å². The number of amides is 2. The molecule has 5 nitrogen and oxygen atoms in total. The Bertz CT molecular complexity index is 808. The number of anilines is 1. The van der Waals surface area contributed by atoms with Gasteiger partial charge in [-0.05, 0) is 36.2 Å². The number of hydrogen-bond donors (Lipinski definition) is 1. The molecule has 148 valence electrons. The van der Waals surface area contributed by atoms with E-state index in [1.807, 2.05) is 30.3 Å². The third-order valence-corrected chi connectivity index (χ3v) is 5.05. The average molecular weight is 383 g/mol. The lowest BCUT2D eigenvalue weighted by Crippen LogP contribution is -2.48. The van der Waals surface area contributed by atoms with E-state index in [0.29, 0.717) is 31.7 Å². The second kappa shape index (κ2) is 8.97. The summed E-state index contributed by atoms with van der Waals surface area (Å²) in [6.45, 7) is 1.91. The highest BCUT2D eigenvalue weighted by molar-refractivity contribution is 5.93. The molecule has 2 aromatic rings. The van der Waals surface area contributed by atoms with Crippen molar-refractivity contribution in [2.24, 2.45) is 11.8 Å². The van der Waals surface area contributed by atoms with Crippen molar-refractivity contribution >= 4 is 17.5 Å². The van der Waals surface area contributed by atoms with Crippen LogP contribution in [0, 0.1) is 17.7 Å². The first kappa shape index (κ1) is 20.0. The van der Waals surface area contributed by atoms with Gasteiger partial charge in [-0.1, -0.05) is 30.3 Å². The Labute approximate surface area is 165 Å².